The summed E-state index contributed by atoms with van der Waals surface area (Å²) in [7, 11) is 1.66. The zero-order valence-electron chi connectivity index (χ0n) is 7.33. The fourth-order valence-corrected chi connectivity index (χ4v) is 1.80. The van der Waals surface area contributed by atoms with Crippen LogP contribution in [0.1, 0.15) is 23.1 Å². The summed E-state index contributed by atoms with van der Waals surface area (Å²) in [5.41, 5.74) is 2.01. The Hall–Kier alpha value is -1.02. The van der Waals surface area contributed by atoms with E-state index in [0.29, 0.717) is 0 Å². The van der Waals surface area contributed by atoms with Gasteiger partial charge in [0.1, 0.15) is 0 Å². The summed E-state index contributed by atoms with van der Waals surface area (Å²) in [4.78, 5) is 4.24. The molecule has 0 aromatic carbocycles. The Morgan fingerprint density at radius 3 is 3.23 bits per heavy atom. The smallest absolute Gasteiger partial charge is 0.0980 e. The number of allylic oxidation sites excluding steroid dienone is 1. The molecular formula is C10H10ClNO. The van der Waals surface area contributed by atoms with Crippen LogP contribution in [-0.2, 0) is 4.74 Å². The summed E-state index contributed by atoms with van der Waals surface area (Å²) in [6.45, 7) is 0. The number of methoxy groups -OCH3 is 1. The van der Waals surface area contributed by atoms with Gasteiger partial charge in [-0.05, 0) is 12.1 Å². The Labute approximate surface area is 82.2 Å². The average molecular weight is 196 g/mol. The van der Waals surface area contributed by atoms with Gasteiger partial charge in [0.25, 0.3) is 0 Å². The summed E-state index contributed by atoms with van der Waals surface area (Å²) >= 11 is 6.14. The highest BCUT2D eigenvalue weighted by molar-refractivity contribution is 6.21. The summed E-state index contributed by atoms with van der Waals surface area (Å²) in [5.74, 6) is 0.917. The van der Waals surface area contributed by atoms with Gasteiger partial charge < -0.3 is 4.74 Å². The summed E-state index contributed by atoms with van der Waals surface area (Å²) < 4.78 is 5.17. The van der Waals surface area contributed by atoms with Gasteiger partial charge >= 0.3 is 0 Å². The minimum absolute atomic E-state index is 0.0591. The largest absolute Gasteiger partial charge is 0.501 e. The number of pyridine rings is 1. The number of nitrogens with zero attached hydrogens (tertiary/aromatic N) is 1. The molecule has 1 aromatic heterocycles. The molecule has 1 aliphatic rings. The highest BCUT2D eigenvalue weighted by Gasteiger charge is 2.20. The first-order chi connectivity index (χ1) is 6.31. The van der Waals surface area contributed by atoms with Crippen LogP contribution in [0.5, 0.6) is 0 Å². The Morgan fingerprint density at radius 2 is 2.46 bits per heavy atom. The molecule has 0 aliphatic heterocycles. The second kappa shape index (κ2) is 3.38. The van der Waals surface area contributed by atoms with Crippen molar-refractivity contribution in [3.8, 4) is 0 Å². The molecule has 0 saturated carbocycles. The summed E-state index contributed by atoms with van der Waals surface area (Å²) in [5, 5.41) is -0.0591. The lowest BCUT2D eigenvalue weighted by molar-refractivity contribution is 0.278. The van der Waals surface area contributed by atoms with Crippen LogP contribution in [0.4, 0.5) is 0 Å². The standard InChI is InChI=1S/C10H10ClNO/c1-13-8-5-7-3-2-4-12-10(7)9(11)6-8/h2-5,9H,6H2,1H3. The number of hydrogen-bond donors (Lipinski definition) is 0. The van der Waals surface area contributed by atoms with Crippen LogP contribution in [0.15, 0.2) is 24.1 Å². The van der Waals surface area contributed by atoms with Crippen molar-refractivity contribution >= 4 is 17.7 Å². The molecule has 0 radical (unpaired) electrons. The molecule has 2 rings (SSSR count). The maximum Gasteiger partial charge on any atom is 0.0980 e. The van der Waals surface area contributed by atoms with E-state index in [1.807, 2.05) is 18.2 Å². The molecule has 1 aromatic rings. The lowest BCUT2D eigenvalue weighted by Gasteiger charge is -2.18. The predicted molar refractivity (Wildman–Crippen MR) is 52.4 cm³/mol. The SMILES string of the molecule is COC1=Cc2cccnc2C(Cl)C1. The third-order valence-corrected chi connectivity index (χ3v) is 2.49. The Bertz CT molecular complexity index is 349. The predicted octanol–water partition coefficient (Wildman–Crippen LogP) is 2.75. The van der Waals surface area contributed by atoms with E-state index in [0.717, 1.165) is 23.4 Å². The molecule has 0 N–H and O–H groups in total. The van der Waals surface area contributed by atoms with E-state index in [-0.39, 0.29) is 5.38 Å². The number of fused-ring (bicyclic) bond motifs is 1. The number of alkyl halides is 1. The van der Waals surface area contributed by atoms with Gasteiger partial charge in [0.15, 0.2) is 0 Å². The summed E-state index contributed by atoms with van der Waals surface area (Å²) in [6, 6.07) is 3.90. The molecule has 13 heavy (non-hydrogen) atoms. The highest BCUT2D eigenvalue weighted by atomic mass is 35.5. The van der Waals surface area contributed by atoms with E-state index in [1.54, 1.807) is 13.3 Å². The van der Waals surface area contributed by atoms with Gasteiger partial charge in [-0.2, -0.15) is 0 Å². The quantitative estimate of drug-likeness (QED) is 0.643. The van der Waals surface area contributed by atoms with E-state index >= 15 is 0 Å². The maximum atomic E-state index is 6.14. The fourth-order valence-electron chi connectivity index (χ4n) is 1.46. The molecule has 0 fully saturated rings. The normalized spacial score (nSPS) is 20.5. The van der Waals surface area contributed by atoms with Gasteiger partial charge in [-0.25, -0.2) is 0 Å². The van der Waals surface area contributed by atoms with Crippen LogP contribution in [0.3, 0.4) is 0 Å². The van der Waals surface area contributed by atoms with Crippen molar-refractivity contribution < 1.29 is 4.74 Å². The lowest BCUT2D eigenvalue weighted by atomic mass is 10.0. The van der Waals surface area contributed by atoms with Gasteiger partial charge in [-0.1, -0.05) is 6.07 Å². The van der Waals surface area contributed by atoms with Crippen molar-refractivity contribution in [2.75, 3.05) is 7.11 Å². The van der Waals surface area contributed by atoms with Crippen molar-refractivity contribution in [1.29, 1.82) is 0 Å². The van der Waals surface area contributed by atoms with Crippen molar-refractivity contribution in [2.45, 2.75) is 11.8 Å². The van der Waals surface area contributed by atoms with Crippen molar-refractivity contribution in [3.63, 3.8) is 0 Å². The van der Waals surface area contributed by atoms with E-state index in [9.17, 15) is 0 Å². The number of ether oxygens (including phenoxy) is 1. The van der Waals surface area contributed by atoms with Crippen LogP contribution in [0.2, 0.25) is 0 Å². The van der Waals surface area contributed by atoms with Gasteiger partial charge in [-0.3, -0.25) is 4.98 Å². The first kappa shape index (κ1) is 8.57. The molecule has 1 atom stereocenters. The van der Waals surface area contributed by atoms with Crippen molar-refractivity contribution in [2.24, 2.45) is 0 Å². The van der Waals surface area contributed by atoms with Gasteiger partial charge in [0.05, 0.1) is 23.9 Å². The highest BCUT2D eigenvalue weighted by Crippen LogP contribution is 2.34. The van der Waals surface area contributed by atoms with Crippen LogP contribution in [-0.4, -0.2) is 12.1 Å². The number of halogens is 1. The summed E-state index contributed by atoms with van der Waals surface area (Å²) in [6.07, 6.45) is 4.48. The third kappa shape index (κ3) is 1.54. The van der Waals surface area contributed by atoms with Crippen LogP contribution in [0.25, 0.3) is 6.08 Å². The number of aromatic nitrogens is 1. The molecule has 0 spiro atoms. The third-order valence-electron chi connectivity index (χ3n) is 2.13. The van der Waals surface area contributed by atoms with Gasteiger partial charge in [-0.15, -0.1) is 11.6 Å². The molecule has 0 amide bonds. The minimum Gasteiger partial charge on any atom is -0.501 e. The minimum atomic E-state index is -0.0591. The zero-order chi connectivity index (χ0) is 9.26. The second-order valence-electron chi connectivity index (χ2n) is 2.96. The fraction of sp³-hybridized carbons (Fsp3) is 0.300. The van der Waals surface area contributed by atoms with Crippen molar-refractivity contribution in [1.82, 2.24) is 4.98 Å². The van der Waals surface area contributed by atoms with E-state index in [2.05, 4.69) is 4.98 Å². The Kier molecular flexibility index (Phi) is 2.23. The average Bonchev–Trinajstić information content (AvgIpc) is 2.18. The van der Waals surface area contributed by atoms with E-state index in [4.69, 9.17) is 16.3 Å². The first-order valence-electron chi connectivity index (χ1n) is 4.15. The monoisotopic (exact) mass is 195 g/mol. The van der Waals surface area contributed by atoms with Crippen LogP contribution >= 0.6 is 11.6 Å². The molecule has 3 heteroatoms. The molecule has 2 nitrogen and oxygen atoms in total. The molecule has 0 saturated heterocycles. The molecule has 1 heterocycles. The van der Waals surface area contributed by atoms with E-state index < -0.39 is 0 Å². The molecule has 68 valence electrons. The topological polar surface area (TPSA) is 22.1 Å². The lowest BCUT2D eigenvalue weighted by Crippen LogP contribution is -2.05. The molecular weight excluding hydrogens is 186 g/mol. The second-order valence-corrected chi connectivity index (χ2v) is 3.49. The Morgan fingerprint density at radius 1 is 1.62 bits per heavy atom. The van der Waals surface area contributed by atoms with Crippen molar-refractivity contribution in [3.05, 3.63) is 35.3 Å². The van der Waals surface area contributed by atoms with E-state index in [1.165, 1.54) is 0 Å². The van der Waals surface area contributed by atoms with Crippen LogP contribution in [0, 0.1) is 0 Å². The molecule has 0 bridgehead atoms. The zero-order valence-corrected chi connectivity index (χ0v) is 8.08. The molecule has 1 aliphatic carbocycles. The van der Waals surface area contributed by atoms with Gasteiger partial charge in [0, 0.05) is 18.2 Å². The molecule has 1 unspecified atom stereocenters. The number of rotatable bonds is 1. The van der Waals surface area contributed by atoms with Crippen LogP contribution < -0.4 is 0 Å². The Balaban J connectivity index is 2.46. The van der Waals surface area contributed by atoms with Gasteiger partial charge in [0.2, 0.25) is 0 Å². The first-order valence-corrected chi connectivity index (χ1v) is 4.58. The number of hydrogen-bond acceptors (Lipinski definition) is 2. The maximum absolute atomic E-state index is 6.14.